The number of nitrogens with one attached hydrogen (secondary N) is 2. The minimum Gasteiger partial charge on any atom is -0.383 e. The molecule has 3 aromatic rings. The van der Waals surface area contributed by atoms with Crippen LogP contribution >= 0.6 is 11.3 Å². The number of urea groups is 1. The number of primary amides is 1. The quantitative estimate of drug-likeness (QED) is 0.461. The normalized spacial score (nSPS) is 15.2. The van der Waals surface area contributed by atoms with Crippen molar-refractivity contribution >= 4 is 34.7 Å². The summed E-state index contributed by atoms with van der Waals surface area (Å²) in [4.78, 5) is 23.6. The fourth-order valence-electron chi connectivity index (χ4n) is 3.11. The molecule has 162 valence electrons. The first kappa shape index (κ1) is 21.0. The predicted molar refractivity (Wildman–Crippen MR) is 109 cm³/mol. The molecule has 31 heavy (non-hydrogen) atoms. The Morgan fingerprint density at radius 1 is 1.19 bits per heavy atom. The standard InChI is InChI=1S/C19H17F3N6O2S/c20-19(21,22)14-2-5-24-17(28-14)27-12-7-10(6-11(8-12)26-16(23)29)13-9-25-15(31-13)18(30)3-1-4-18/h2,5-9,30H,1,3-4H2,(H3,23,26,29)(H,24,27,28). The van der Waals surface area contributed by atoms with Crippen molar-refractivity contribution in [1.82, 2.24) is 15.0 Å². The lowest BCUT2D eigenvalue weighted by atomic mass is 9.81. The third-order valence-corrected chi connectivity index (χ3v) is 6.01. The third kappa shape index (κ3) is 4.59. The van der Waals surface area contributed by atoms with Gasteiger partial charge in [-0.2, -0.15) is 13.2 Å². The van der Waals surface area contributed by atoms with Gasteiger partial charge in [-0.1, -0.05) is 0 Å². The first-order chi connectivity index (χ1) is 14.6. The van der Waals surface area contributed by atoms with Crippen LogP contribution in [0.2, 0.25) is 0 Å². The molecule has 1 saturated carbocycles. The monoisotopic (exact) mass is 450 g/mol. The second-order valence-corrected chi connectivity index (χ2v) is 8.12. The van der Waals surface area contributed by atoms with Crippen LogP contribution in [0.5, 0.6) is 0 Å². The van der Waals surface area contributed by atoms with Crippen molar-refractivity contribution in [3.05, 3.63) is 47.4 Å². The van der Waals surface area contributed by atoms with Crippen LogP contribution in [0.1, 0.15) is 30.0 Å². The molecule has 4 rings (SSSR count). The molecule has 0 unspecified atom stereocenters. The summed E-state index contributed by atoms with van der Waals surface area (Å²) in [6.45, 7) is 0. The number of hydrogen-bond donors (Lipinski definition) is 4. The molecular weight excluding hydrogens is 433 g/mol. The lowest BCUT2D eigenvalue weighted by Crippen LogP contribution is -2.33. The van der Waals surface area contributed by atoms with Gasteiger partial charge in [-0.15, -0.1) is 11.3 Å². The van der Waals surface area contributed by atoms with Gasteiger partial charge in [-0.25, -0.2) is 19.7 Å². The van der Waals surface area contributed by atoms with E-state index in [-0.39, 0.29) is 5.95 Å². The van der Waals surface area contributed by atoms with Gasteiger partial charge in [0.15, 0.2) is 0 Å². The van der Waals surface area contributed by atoms with Gasteiger partial charge in [0, 0.05) is 23.8 Å². The average molecular weight is 450 g/mol. The topological polar surface area (TPSA) is 126 Å². The number of carbonyl (C=O) groups excluding carboxylic acids is 1. The summed E-state index contributed by atoms with van der Waals surface area (Å²) in [6, 6.07) is 4.75. The highest BCUT2D eigenvalue weighted by molar-refractivity contribution is 7.15. The molecule has 2 aromatic heterocycles. The number of hydrogen-bond acceptors (Lipinski definition) is 7. The molecule has 0 bridgehead atoms. The molecule has 12 heteroatoms. The van der Waals surface area contributed by atoms with E-state index in [0.717, 1.165) is 18.7 Å². The fraction of sp³-hybridized carbons (Fsp3) is 0.263. The number of nitrogens with zero attached hydrogens (tertiary/aromatic N) is 3. The third-order valence-electron chi connectivity index (χ3n) is 4.77. The van der Waals surface area contributed by atoms with E-state index in [9.17, 15) is 23.1 Å². The van der Waals surface area contributed by atoms with Crippen molar-refractivity contribution in [2.45, 2.75) is 31.0 Å². The number of rotatable bonds is 5. The maximum atomic E-state index is 12.9. The number of carbonyl (C=O) groups is 1. The molecule has 0 atom stereocenters. The molecule has 1 aliphatic carbocycles. The Labute approximate surface area is 178 Å². The zero-order valence-electron chi connectivity index (χ0n) is 15.9. The van der Waals surface area contributed by atoms with Gasteiger partial charge in [-0.3, -0.25) is 0 Å². The Balaban J connectivity index is 1.68. The average Bonchev–Trinajstić information content (AvgIpc) is 3.15. The second-order valence-electron chi connectivity index (χ2n) is 7.09. The molecule has 0 spiro atoms. The molecule has 1 aromatic carbocycles. The number of aliphatic hydroxyl groups is 1. The first-order valence-corrected chi connectivity index (χ1v) is 10.0. The maximum Gasteiger partial charge on any atom is 0.433 e. The molecular formula is C19H17F3N6O2S. The van der Waals surface area contributed by atoms with Crippen molar-refractivity contribution < 1.29 is 23.1 Å². The van der Waals surface area contributed by atoms with Gasteiger partial charge in [-0.05, 0) is 49.1 Å². The summed E-state index contributed by atoms with van der Waals surface area (Å²) in [5.74, 6) is -0.259. The minimum atomic E-state index is -4.61. The summed E-state index contributed by atoms with van der Waals surface area (Å²) in [6.07, 6.45) is 0.199. The summed E-state index contributed by atoms with van der Waals surface area (Å²) in [5.41, 5.74) is 4.47. The number of halogens is 3. The van der Waals surface area contributed by atoms with E-state index in [1.807, 2.05) is 0 Å². The van der Waals surface area contributed by atoms with E-state index < -0.39 is 23.5 Å². The lowest BCUT2D eigenvalue weighted by Gasteiger charge is -2.34. The van der Waals surface area contributed by atoms with E-state index in [1.54, 1.807) is 18.3 Å². The fourth-order valence-corrected chi connectivity index (χ4v) is 4.16. The molecule has 2 amide bonds. The molecule has 0 radical (unpaired) electrons. The van der Waals surface area contributed by atoms with Gasteiger partial charge in [0.25, 0.3) is 0 Å². The van der Waals surface area contributed by atoms with E-state index in [4.69, 9.17) is 5.73 Å². The Kier molecular flexibility index (Phi) is 5.27. The summed E-state index contributed by atoms with van der Waals surface area (Å²) < 4.78 is 38.8. The summed E-state index contributed by atoms with van der Waals surface area (Å²) in [5, 5.41) is 16.3. The number of thiazole rings is 1. The number of alkyl halides is 3. The highest BCUT2D eigenvalue weighted by atomic mass is 32.1. The van der Waals surface area contributed by atoms with Crippen molar-refractivity contribution in [2.24, 2.45) is 5.73 Å². The van der Waals surface area contributed by atoms with Crippen LogP contribution in [0.4, 0.5) is 35.3 Å². The Morgan fingerprint density at radius 2 is 1.94 bits per heavy atom. The van der Waals surface area contributed by atoms with Crippen LogP contribution in [-0.4, -0.2) is 26.1 Å². The Morgan fingerprint density at radius 3 is 2.58 bits per heavy atom. The summed E-state index contributed by atoms with van der Waals surface area (Å²) >= 11 is 1.30. The van der Waals surface area contributed by atoms with Crippen molar-refractivity contribution in [3.63, 3.8) is 0 Å². The molecule has 1 fully saturated rings. The second kappa shape index (κ2) is 7.78. The molecule has 0 aliphatic heterocycles. The molecule has 8 nitrogen and oxygen atoms in total. The van der Waals surface area contributed by atoms with E-state index in [1.165, 1.54) is 17.4 Å². The lowest BCUT2D eigenvalue weighted by molar-refractivity contribution is -0.141. The van der Waals surface area contributed by atoms with Gasteiger partial charge in [0.2, 0.25) is 5.95 Å². The number of amides is 2. The van der Waals surface area contributed by atoms with Crippen LogP contribution < -0.4 is 16.4 Å². The Bertz CT molecular complexity index is 1130. The highest BCUT2D eigenvalue weighted by Crippen LogP contribution is 2.44. The maximum absolute atomic E-state index is 12.9. The largest absolute Gasteiger partial charge is 0.433 e. The first-order valence-electron chi connectivity index (χ1n) is 9.20. The predicted octanol–water partition coefficient (Wildman–Crippen LogP) is 4.22. The number of benzene rings is 1. The van der Waals surface area contributed by atoms with Gasteiger partial charge < -0.3 is 21.5 Å². The molecule has 2 heterocycles. The van der Waals surface area contributed by atoms with Crippen LogP contribution in [0.3, 0.4) is 0 Å². The number of nitrogens with two attached hydrogens (primary N) is 1. The van der Waals surface area contributed by atoms with Crippen molar-refractivity contribution in [3.8, 4) is 10.4 Å². The zero-order chi connectivity index (χ0) is 22.2. The highest BCUT2D eigenvalue weighted by Gasteiger charge is 2.39. The van der Waals surface area contributed by atoms with E-state index in [2.05, 4.69) is 25.6 Å². The van der Waals surface area contributed by atoms with Crippen molar-refractivity contribution in [1.29, 1.82) is 0 Å². The van der Waals surface area contributed by atoms with Crippen LogP contribution in [0, 0.1) is 0 Å². The van der Waals surface area contributed by atoms with E-state index in [0.29, 0.717) is 39.7 Å². The van der Waals surface area contributed by atoms with Crippen LogP contribution in [0.15, 0.2) is 36.7 Å². The SMILES string of the molecule is NC(=O)Nc1cc(Nc2nccc(C(F)(F)F)n2)cc(-c2cnc(C3(O)CCC3)s2)c1. The number of aromatic nitrogens is 3. The smallest absolute Gasteiger partial charge is 0.383 e. The van der Waals surface area contributed by atoms with E-state index >= 15 is 0 Å². The van der Waals surface area contributed by atoms with Gasteiger partial charge in [0.1, 0.15) is 16.3 Å². The van der Waals surface area contributed by atoms with Crippen molar-refractivity contribution in [2.75, 3.05) is 10.6 Å². The van der Waals surface area contributed by atoms with Crippen LogP contribution in [0.25, 0.3) is 10.4 Å². The van der Waals surface area contributed by atoms with Gasteiger partial charge in [0.05, 0.1) is 4.88 Å². The summed E-state index contributed by atoms with van der Waals surface area (Å²) in [7, 11) is 0. The number of anilines is 3. The molecule has 0 saturated heterocycles. The van der Waals surface area contributed by atoms with Crippen LogP contribution in [-0.2, 0) is 11.8 Å². The zero-order valence-corrected chi connectivity index (χ0v) is 16.7. The molecule has 5 N–H and O–H groups in total. The molecule has 1 aliphatic rings. The Hall–Kier alpha value is -3.25. The minimum absolute atomic E-state index is 0.259. The van der Waals surface area contributed by atoms with Gasteiger partial charge >= 0.3 is 12.2 Å².